The van der Waals surface area contributed by atoms with Crippen molar-refractivity contribution in [3.8, 4) is 0 Å². The molecular weight excluding hydrogens is 182 g/mol. The molecule has 5 heteroatoms. The van der Waals surface area contributed by atoms with Gasteiger partial charge < -0.3 is 4.74 Å². The van der Waals surface area contributed by atoms with Gasteiger partial charge in [0.25, 0.3) is 0 Å². The Balaban J connectivity index is 2.20. The maximum absolute atomic E-state index is 11.9. The van der Waals surface area contributed by atoms with Gasteiger partial charge in [-0.3, -0.25) is 4.79 Å². The van der Waals surface area contributed by atoms with E-state index in [0.717, 1.165) is 6.42 Å². The van der Waals surface area contributed by atoms with Gasteiger partial charge >= 0.3 is 0 Å². The van der Waals surface area contributed by atoms with Crippen LogP contribution in [0.2, 0.25) is 0 Å². The van der Waals surface area contributed by atoms with Crippen LogP contribution in [0.25, 0.3) is 0 Å². The molecule has 2 unspecified atom stereocenters. The lowest BCUT2D eigenvalue weighted by atomic mass is 9.99. The van der Waals surface area contributed by atoms with Crippen molar-refractivity contribution in [2.45, 2.75) is 19.4 Å². The molecule has 2 atom stereocenters. The molecule has 0 bridgehead atoms. The molecule has 1 aromatic heterocycles. The van der Waals surface area contributed by atoms with Gasteiger partial charge in [0, 0.05) is 13.7 Å². The highest BCUT2D eigenvalue weighted by molar-refractivity contribution is 5.98. The molecule has 2 rings (SSSR count). The van der Waals surface area contributed by atoms with Gasteiger partial charge in [-0.05, 0) is 12.3 Å². The quantitative estimate of drug-likeness (QED) is 0.642. The van der Waals surface area contributed by atoms with Crippen LogP contribution in [0.4, 0.5) is 0 Å². The van der Waals surface area contributed by atoms with E-state index in [1.165, 1.54) is 10.9 Å². The van der Waals surface area contributed by atoms with Crippen molar-refractivity contribution in [2.75, 3.05) is 6.61 Å². The third-order valence-corrected chi connectivity index (χ3v) is 2.61. The maximum atomic E-state index is 11.9. The minimum absolute atomic E-state index is 0.0116. The molecule has 0 N–H and O–H groups in total. The van der Waals surface area contributed by atoms with Crippen molar-refractivity contribution in [3.63, 3.8) is 0 Å². The average molecular weight is 195 g/mol. The molecular formula is C9H13N3O2. The first-order chi connectivity index (χ1) is 6.70. The van der Waals surface area contributed by atoms with E-state index >= 15 is 0 Å². The second-order valence-electron chi connectivity index (χ2n) is 3.66. The predicted molar refractivity (Wildman–Crippen MR) is 48.9 cm³/mol. The van der Waals surface area contributed by atoms with Crippen LogP contribution in [0.5, 0.6) is 0 Å². The lowest BCUT2D eigenvalue weighted by molar-refractivity contribution is 0.0570. The van der Waals surface area contributed by atoms with Gasteiger partial charge in [-0.1, -0.05) is 12.1 Å². The van der Waals surface area contributed by atoms with Crippen molar-refractivity contribution in [3.05, 3.63) is 11.9 Å². The molecule has 0 radical (unpaired) electrons. The number of aromatic nitrogens is 3. The number of ether oxygens (including phenoxy) is 1. The summed E-state index contributed by atoms with van der Waals surface area (Å²) >= 11 is 0. The molecule has 0 spiro atoms. The molecule has 0 saturated carbocycles. The summed E-state index contributed by atoms with van der Waals surface area (Å²) in [5.41, 5.74) is 0.517. The first-order valence-corrected chi connectivity index (χ1v) is 4.70. The Labute approximate surface area is 82.1 Å². The van der Waals surface area contributed by atoms with E-state index in [-0.39, 0.29) is 17.8 Å². The second-order valence-corrected chi connectivity index (χ2v) is 3.66. The van der Waals surface area contributed by atoms with E-state index in [2.05, 4.69) is 10.3 Å². The summed E-state index contributed by atoms with van der Waals surface area (Å²) in [5.74, 6) is 0.278. The van der Waals surface area contributed by atoms with E-state index in [9.17, 15) is 4.79 Å². The molecule has 2 heterocycles. The van der Waals surface area contributed by atoms with Crippen molar-refractivity contribution < 1.29 is 9.53 Å². The Bertz CT molecular complexity index is 348. The summed E-state index contributed by atoms with van der Waals surface area (Å²) in [5, 5.41) is 7.40. The van der Waals surface area contributed by atoms with Crippen molar-refractivity contribution >= 4 is 5.78 Å². The van der Waals surface area contributed by atoms with Crippen LogP contribution in [0.1, 0.15) is 23.8 Å². The number of carbonyl (C=O) groups excluding carboxylic acids is 1. The van der Waals surface area contributed by atoms with Gasteiger partial charge in [-0.25, -0.2) is 4.68 Å². The van der Waals surface area contributed by atoms with Crippen molar-refractivity contribution in [2.24, 2.45) is 13.0 Å². The summed E-state index contributed by atoms with van der Waals surface area (Å²) < 4.78 is 6.87. The standard InChI is InChI=1S/C9H13N3O2/c1-6-3-4-14-9(6)8(13)7-5-10-11-12(7)2/h5-6,9H,3-4H2,1-2H3. The van der Waals surface area contributed by atoms with Crippen LogP contribution in [-0.2, 0) is 11.8 Å². The Hall–Kier alpha value is -1.23. The van der Waals surface area contributed by atoms with Crippen LogP contribution in [0, 0.1) is 5.92 Å². The zero-order chi connectivity index (χ0) is 10.1. The lowest BCUT2D eigenvalue weighted by Crippen LogP contribution is -2.27. The first kappa shape index (κ1) is 9.33. The molecule has 5 nitrogen and oxygen atoms in total. The summed E-state index contributed by atoms with van der Waals surface area (Å²) in [6.45, 7) is 2.70. The average Bonchev–Trinajstić information content (AvgIpc) is 2.73. The zero-order valence-electron chi connectivity index (χ0n) is 8.30. The fraction of sp³-hybridized carbons (Fsp3) is 0.667. The predicted octanol–water partition coefficient (Wildman–Crippen LogP) is 0.423. The lowest BCUT2D eigenvalue weighted by Gasteiger charge is -2.12. The minimum atomic E-state index is -0.313. The van der Waals surface area contributed by atoms with E-state index in [4.69, 9.17) is 4.74 Å². The molecule has 76 valence electrons. The van der Waals surface area contributed by atoms with E-state index in [0.29, 0.717) is 12.3 Å². The fourth-order valence-corrected chi connectivity index (χ4v) is 1.69. The summed E-state index contributed by atoms with van der Waals surface area (Å²) in [4.78, 5) is 11.9. The zero-order valence-corrected chi connectivity index (χ0v) is 8.30. The Morgan fingerprint density at radius 3 is 3.00 bits per heavy atom. The van der Waals surface area contributed by atoms with Crippen LogP contribution in [0.15, 0.2) is 6.20 Å². The number of carbonyl (C=O) groups is 1. The molecule has 1 aromatic rings. The molecule has 1 aliphatic heterocycles. The van der Waals surface area contributed by atoms with Gasteiger partial charge in [-0.2, -0.15) is 0 Å². The van der Waals surface area contributed by atoms with E-state index < -0.39 is 0 Å². The van der Waals surface area contributed by atoms with Crippen molar-refractivity contribution in [1.29, 1.82) is 0 Å². The van der Waals surface area contributed by atoms with Crippen molar-refractivity contribution in [1.82, 2.24) is 15.0 Å². The molecule has 14 heavy (non-hydrogen) atoms. The van der Waals surface area contributed by atoms with Gasteiger partial charge in [0.15, 0.2) is 0 Å². The summed E-state index contributed by atoms with van der Waals surface area (Å²) in [6.07, 6.45) is 2.12. The number of hydrogen-bond donors (Lipinski definition) is 0. The Morgan fingerprint density at radius 2 is 2.50 bits per heavy atom. The largest absolute Gasteiger partial charge is 0.370 e. The molecule has 0 aromatic carbocycles. The fourth-order valence-electron chi connectivity index (χ4n) is 1.69. The maximum Gasteiger partial charge on any atom is 0.211 e. The number of aryl methyl sites for hydroxylation is 1. The Kier molecular flexibility index (Phi) is 2.33. The van der Waals surface area contributed by atoms with Gasteiger partial charge in [0.2, 0.25) is 5.78 Å². The minimum Gasteiger partial charge on any atom is -0.370 e. The smallest absolute Gasteiger partial charge is 0.211 e. The number of hydrogen-bond acceptors (Lipinski definition) is 4. The highest BCUT2D eigenvalue weighted by atomic mass is 16.5. The highest BCUT2D eigenvalue weighted by Crippen LogP contribution is 2.22. The Morgan fingerprint density at radius 1 is 1.71 bits per heavy atom. The number of Topliss-reactive ketones (excluding diaryl/α,β-unsaturated/α-hetero) is 1. The monoisotopic (exact) mass is 195 g/mol. The van der Waals surface area contributed by atoms with Crippen LogP contribution < -0.4 is 0 Å². The number of rotatable bonds is 2. The third kappa shape index (κ3) is 1.43. The normalized spacial score (nSPS) is 26.7. The SMILES string of the molecule is CC1CCOC1C(=O)c1cnnn1C. The summed E-state index contributed by atoms with van der Waals surface area (Å²) in [7, 11) is 1.71. The molecule has 1 fully saturated rings. The first-order valence-electron chi connectivity index (χ1n) is 4.70. The molecule has 1 aliphatic rings. The van der Waals surface area contributed by atoms with Crippen LogP contribution in [0.3, 0.4) is 0 Å². The third-order valence-electron chi connectivity index (χ3n) is 2.61. The molecule has 0 aliphatic carbocycles. The van der Waals surface area contributed by atoms with Crippen LogP contribution >= 0.6 is 0 Å². The van der Waals surface area contributed by atoms with Gasteiger partial charge in [0.05, 0.1) is 6.20 Å². The van der Waals surface area contributed by atoms with Gasteiger partial charge in [0.1, 0.15) is 11.8 Å². The summed E-state index contributed by atoms with van der Waals surface area (Å²) in [6, 6.07) is 0. The number of nitrogens with zero attached hydrogens (tertiary/aromatic N) is 3. The molecule has 0 amide bonds. The van der Waals surface area contributed by atoms with E-state index in [1.807, 2.05) is 6.92 Å². The topological polar surface area (TPSA) is 57.0 Å². The molecule has 1 saturated heterocycles. The van der Waals surface area contributed by atoms with E-state index in [1.54, 1.807) is 7.05 Å². The highest BCUT2D eigenvalue weighted by Gasteiger charge is 2.32. The second kappa shape index (κ2) is 3.49. The number of ketones is 1. The van der Waals surface area contributed by atoms with Crippen LogP contribution in [-0.4, -0.2) is 33.5 Å². The van der Waals surface area contributed by atoms with Gasteiger partial charge in [-0.15, -0.1) is 5.10 Å².